The zero-order chi connectivity index (χ0) is 14.4. The Hall–Kier alpha value is -0.610. The predicted molar refractivity (Wildman–Crippen MR) is 80.7 cm³/mol. The smallest absolute Gasteiger partial charge is 0.225 e. The van der Waals surface area contributed by atoms with Gasteiger partial charge >= 0.3 is 0 Å². The molecule has 0 aromatic rings. The third kappa shape index (κ3) is 5.06. The Balaban J connectivity index is 1.84. The molecule has 4 nitrogen and oxygen atoms in total. The molecule has 0 aromatic heterocycles. The highest BCUT2D eigenvalue weighted by molar-refractivity contribution is 5.76. The molecule has 2 rings (SSSR count). The molecule has 1 amide bonds. The first-order valence-corrected chi connectivity index (χ1v) is 8.28. The summed E-state index contributed by atoms with van der Waals surface area (Å²) in [6.45, 7) is 8.01. The Morgan fingerprint density at radius 3 is 2.75 bits per heavy atom. The fourth-order valence-corrected chi connectivity index (χ4v) is 3.19. The van der Waals surface area contributed by atoms with Crippen LogP contribution in [0.5, 0.6) is 0 Å². The van der Waals surface area contributed by atoms with Gasteiger partial charge in [0.1, 0.15) is 0 Å². The summed E-state index contributed by atoms with van der Waals surface area (Å²) in [6.07, 6.45) is 6.55. The van der Waals surface area contributed by atoms with Crippen LogP contribution >= 0.6 is 0 Å². The second-order valence-electron chi connectivity index (χ2n) is 6.68. The summed E-state index contributed by atoms with van der Waals surface area (Å²) in [4.78, 5) is 14.6. The van der Waals surface area contributed by atoms with Gasteiger partial charge in [-0.05, 0) is 44.6 Å². The first-order chi connectivity index (χ1) is 9.65. The molecular formula is C16H30N2O2. The molecule has 2 atom stereocenters. The quantitative estimate of drug-likeness (QED) is 0.812. The molecule has 20 heavy (non-hydrogen) atoms. The monoisotopic (exact) mass is 282 g/mol. The summed E-state index contributed by atoms with van der Waals surface area (Å²) in [5.41, 5.74) is 0. The van der Waals surface area contributed by atoms with Gasteiger partial charge in [-0.2, -0.15) is 0 Å². The molecule has 0 bridgehead atoms. The van der Waals surface area contributed by atoms with Gasteiger partial charge in [0.15, 0.2) is 0 Å². The van der Waals surface area contributed by atoms with Crippen LogP contribution in [0, 0.1) is 5.92 Å². The molecule has 2 fully saturated rings. The van der Waals surface area contributed by atoms with E-state index < -0.39 is 0 Å². The van der Waals surface area contributed by atoms with Gasteiger partial charge in [0, 0.05) is 25.7 Å². The first-order valence-electron chi connectivity index (χ1n) is 8.28. The predicted octanol–water partition coefficient (Wildman–Crippen LogP) is 2.18. The zero-order valence-electron chi connectivity index (χ0n) is 13.1. The lowest BCUT2D eigenvalue weighted by molar-refractivity contribution is -0.136. The van der Waals surface area contributed by atoms with Crippen LogP contribution in [-0.4, -0.2) is 49.2 Å². The number of nitrogens with zero attached hydrogens (tertiary/aromatic N) is 1. The van der Waals surface area contributed by atoms with E-state index in [1.54, 1.807) is 0 Å². The van der Waals surface area contributed by atoms with E-state index in [-0.39, 0.29) is 12.0 Å². The van der Waals surface area contributed by atoms with Gasteiger partial charge in [-0.1, -0.05) is 13.8 Å². The van der Waals surface area contributed by atoms with Crippen molar-refractivity contribution in [3.05, 3.63) is 0 Å². The number of carbonyl (C=O) groups excluding carboxylic acids is 1. The molecule has 0 aromatic carbocycles. The molecular weight excluding hydrogens is 252 g/mol. The third-order valence-electron chi connectivity index (χ3n) is 4.22. The van der Waals surface area contributed by atoms with Crippen LogP contribution in [0.25, 0.3) is 0 Å². The average molecular weight is 282 g/mol. The Bertz CT molecular complexity index is 295. The van der Waals surface area contributed by atoms with Crippen LogP contribution in [0.4, 0.5) is 0 Å². The average Bonchev–Trinajstić information content (AvgIpc) is 2.91. The maximum Gasteiger partial charge on any atom is 0.225 e. The number of hydrogen-bond donors (Lipinski definition) is 1. The van der Waals surface area contributed by atoms with Gasteiger partial charge in [-0.15, -0.1) is 0 Å². The molecule has 0 aliphatic carbocycles. The summed E-state index contributed by atoms with van der Waals surface area (Å²) < 4.78 is 5.71. The van der Waals surface area contributed by atoms with Gasteiger partial charge in [0.25, 0.3) is 0 Å². The SMILES string of the molecule is CC(C)CN(CC1CCCN1)C(=O)CC1CCCCO1. The van der Waals surface area contributed by atoms with E-state index in [2.05, 4.69) is 24.1 Å². The van der Waals surface area contributed by atoms with E-state index in [1.807, 2.05) is 0 Å². The molecule has 2 aliphatic rings. The minimum atomic E-state index is 0.155. The second kappa shape index (κ2) is 7.99. The van der Waals surface area contributed by atoms with Crippen molar-refractivity contribution in [2.24, 2.45) is 5.92 Å². The molecule has 2 unspecified atom stereocenters. The Morgan fingerprint density at radius 1 is 1.30 bits per heavy atom. The highest BCUT2D eigenvalue weighted by Gasteiger charge is 2.25. The van der Waals surface area contributed by atoms with Crippen molar-refractivity contribution in [3.8, 4) is 0 Å². The van der Waals surface area contributed by atoms with Crippen LogP contribution in [0.2, 0.25) is 0 Å². The molecule has 116 valence electrons. The summed E-state index contributed by atoms with van der Waals surface area (Å²) in [5, 5.41) is 3.49. The number of amides is 1. The highest BCUT2D eigenvalue weighted by Crippen LogP contribution is 2.18. The van der Waals surface area contributed by atoms with E-state index in [9.17, 15) is 4.79 Å². The molecule has 0 spiro atoms. The Kier molecular flexibility index (Phi) is 6.30. The summed E-state index contributed by atoms with van der Waals surface area (Å²) in [6, 6.07) is 0.491. The van der Waals surface area contributed by atoms with E-state index in [0.717, 1.165) is 39.1 Å². The van der Waals surface area contributed by atoms with Crippen molar-refractivity contribution in [2.75, 3.05) is 26.2 Å². The minimum absolute atomic E-state index is 0.155. The largest absolute Gasteiger partial charge is 0.378 e. The topological polar surface area (TPSA) is 41.6 Å². The fourth-order valence-electron chi connectivity index (χ4n) is 3.19. The maximum atomic E-state index is 12.6. The molecule has 0 saturated carbocycles. The number of rotatable bonds is 6. The Labute approximate surface area is 123 Å². The van der Waals surface area contributed by atoms with Crippen molar-refractivity contribution in [1.82, 2.24) is 10.2 Å². The van der Waals surface area contributed by atoms with Gasteiger partial charge in [0.05, 0.1) is 12.5 Å². The molecule has 0 radical (unpaired) electrons. The minimum Gasteiger partial charge on any atom is -0.378 e. The number of nitrogens with one attached hydrogen (secondary N) is 1. The summed E-state index contributed by atoms with van der Waals surface area (Å²) >= 11 is 0. The van der Waals surface area contributed by atoms with E-state index in [4.69, 9.17) is 4.74 Å². The number of hydrogen-bond acceptors (Lipinski definition) is 3. The molecule has 1 N–H and O–H groups in total. The van der Waals surface area contributed by atoms with Crippen LogP contribution in [0.3, 0.4) is 0 Å². The van der Waals surface area contributed by atoms with Crippen LogP contribution in [-0.2, 0) is 9.53 Å². The van der Waals surface area contributed by atoms with Crippen LogP contribution in [0.1, 0.15) is 52.4 Å². The fraction of sp³-hybridized carbons (Fsp3) is 0.938. The van der Waals surface area contributed by atoms with Crippen LogP contribution < -0.4 is 5.32 Å². The first kappa shape index (κ1) is 15.8. The lowest BCUT2D eigenvalue weighted by atomic mass is 10.0. The van der Waals surface area contributed by atoms with Gasteiger partial charge in [-0.25, -0.2) is 0 Å². The Morgan fingerprint density at radius 2 is 2.15 bits per heavy atom. The van der Waals surface area contributed by atoms with E-state index in [1.165, 1.54) is 19.3 Å². The van der Waals surface area contributed by atoms with Crippen molar-refractivity contribution < 1.29 is 9.53 Å². The van der Waals surface area contributed by atoms with E-state index in [0.29, 0.717) is 18.4 Å². The normalized spacial score (nSPS) is 26.9. The van der Waals surface area contributed by atoms with Gasteiger partial charge in [-0.3, -0.25) is 4.79 Å². The molecule has 2 saturated heterocycles. The van der Waals surface area contributed by atoms with Gasteiger partial charge < -0.3 is 15.0 Å². The highest BCUT2D eigenvalue weighted by atomic mass is 16.5. The van der Waals surface area contributed by atoms with Crippen molar-refractivity contribution in [2.45, 2.75) is 64.5 Å². The zero-order valence-corrected chi connectivity index (χ0v) is 13.1. The van der Waals surface area contributed by atoms with Crippen molar-refractivity contribution in [3.63, 3.8) is 0 Å². The third-order valence-corrected chi connectivity index (χ3v) is 4.22. The van der Waals surface area contributed by atoms with E-state index >= 15 is 0 Å². The van der Waals surface area contributed by atoms with Crippen LogP contribution in [0.15, 0.2) is 0 Å². The molecule has 2 aliphatic heterocycles. The second-order valence-corrected chi connectivity index (χ2v) is 6.68. The molecule has 4 heteroatoms. The summed E-state index contributed by atoms with van der Waals surface area (Å²) in [7, 11) is 0. The van der Waals surface area contributed by atoms with Crippen molar-refractivity contribution in [1.29, 1.82) is 0 Å². The lowest BCUT2D eigenvalue weighted by Crippen LogP contribution is -2.44. The lowest BCUT2D eigenvalue weighted by Gasteiger charge is -2.30. The van der Waals surface area contributed by atoms with Crippen molar-refractivity contribution >= 4 is 5.91 Å². The number of carbonyl (C=O) groups is 1. The standard InChI is InChI=1S/C16H30N2O2/c1-13(2)11-18(12-14-6-5-8-17-14)16(19)10-15-7-3-4-9-20-15/h13-15,17H,3-12H2,1-2H3. The van der Waals surface area contributed by atoms with Gasteiger partial charge in [0.2, 0.25) is 5.91 Å². The maximum absolute atomic E-state index is 12.6. The number of ether oxygens (including phenoxy) is 1. The molecule has 2 heterocycles. The summed E-state index contributed by atoms with van der Waals surface area (Å²) in [5.74, 6) is 0.798.